The van der Waals surface area contributed by atoms with E-state index in [0.717, 1.165) is 31.1 Å². The lowest BCUT2D eigenvalue weighted by molar-refractivity contribution is 0.145. The summed E-state index contributed by atoms with van der Waals surface area (Å²) in [6, 6.07) is 7.77. The zero-order chi connectivity index (χ0) is 14.9. The lowest BCUT2D eigenvalue weighted by Gasteiger charge is -2.32. The van der Waals surface area contributed by atoms with Crippen molar-refractivity contribution in [1.82, 2.24) is 9.80 Å². The van der Waals surface area contributed by atoms with Gasteiger partial charge in [0.05, 0.1) is 6.61 Å². The third-order valence-corrected chi connectivity index (χ3v) is 3.67. The number of hydrogen-bond acceptors (Lipinski definition) is 4. The first-order valence-corrected chi connectivity index (χ1v) is 7.65. The molecule has 0 saturated carbocycles. The number of ether oxygens (including phenoxy) is 2. The molecule has 0 spiro atoms. The molecule has 1 fully saturated rings. The second-order valence-corrected chi connectivity index (χ2v) is 5.42. The smallest absolute Gasteiger partial charge is 0.120 e. The van der Waals surface area contributed by atoms with E-state index in [0.29, 0.717) is 6.61 Å². The average Bonchev–Trinajstić information content (AvgIpc) is 2.52. The number of benzene rings is 1. The van der Waals surface area contributed by atoms with Crippen molar-refractivity contribution < 1.29 is 9.47 Å². The van der Waals surface area contributed by atoms with Gasteiger partial charge in [0.2, 0.25) is 0 Å². The second-order valence-electron chi connectivity index (χ2n) is 5.42. The Kier molecular flexibility index (Phi) is 6.57. The summed E-state index contributed by atoms with van der Waals surface area (Å²) in [5.74, 6) is 1.75. The fourth-order valence-electron chi connectivity index (χ4n) is 2.34. The zero-order valence-corrected chi connectivity index (χ0v) is 13.0. The molecule has 0 atom stereocenters. The van der Waals surface area contributed by atoms with Crippen LogP contribution in [0.25, 0.3) is 0 Å². The molecule has 0 radical (unpaired) electrons. The number of nitrogens with zero attached hydrogens (tertiary/aromatic N) is 2. The Morgan fingerprint density at radius 2 is 1.67 bits per heavy atom. The van der Waals surface area contributed by atoms with Crippen LogP contribution in [-0.4, -0.2) is 62.8 Å². The molecule has 1 heterocycles. The van der Waals surface area contributed by atoms with E-state index in [-0.39, 0.29) is 0 Å². The van der Waals surface area contributed by atoms with Gasteiger partial charge in [0.25, 0.3) is 0 Å². The van der Waals surface area contributed by atoms with Crippen LogP contribution in [-0.2, 0) is 0 Å². The van der Waals surface area contributed by atoms with Crippen LogP contribution < -0.4 is 9.47 Å². The highest BCUT2D eigenvalue weighted by atomic mass is 16.5. The van der Waals surface area contributed by atoms with Crippen molar-refractivity contribution in [1.29, 1.82) is 0 Å². The van der Waals surface area contributed by atoms with Crippen LogP contribution >= 0.6 is 0 Å². The molecule has 0 N–H and O–H groups in total. The van der Waals surface area contributed by atoms with Gasteiger partial charge in [-0.15, -0.1) is 0 Å². The molecule has 4 nitrogen and oxygen atoms in total. The first kappa shape index (κ1) is 15.9. The predicted octanol–water partition coefficient (Wildman–Crippen LogP) is 2.27. The molecule has 0 unspecified atom stereocenters. The maximum absolute atomic E-state index is 5.76. The van der Waals surface area contributed by atoms with E-state index in [9.17, 15) is 0 Å². The van der Waals surface area contributed by atoms with Crippen LogP contribution in [0.4, 0.5) is 0 Å². The Hall–Kier alpha value is -1.52. The van der Waals surface area contributed by atoms with Crippen LogP contribution in [0.1, 0.15) is 6.42 Å². The zero-order valence-electron chi connectivity index (χ0n) is 13.0. The van der Waals surface area contributed by atoms with Crippen molar-refractivity contribution in [2.75, 3.05) is 53.0 Å². The van der Waals surface area contributed by atoms with Gasteiger partial charge in [0.15, 0.2) is 0 Å². The summed E-state index contributed by atoms with van der Waals surface area (Å²) >= 11 is 0. The molecular weight excluding hydrogens is 264 g/mol. The number of piperazine rings is 1. The average molecular weight is 290 g/mol. The third kappa shape index (κ3) is 5.78. The largest absolute Gasteiger partial charge is 0.494 e. The van der Waals surface area contributed by atoms with Gasteiger partial charge >= 0.3 is 0 Å². The van der Waals surface area contributed by atoms with E-state index in [1.807, 2.05) is 24.3 Å². The predicted molar refractivity (Wildman–Crippen MR) is 86.2 cm³/mol. The van der Waals surface area contributed by atoms with Crippen LogP contribution in [0, 0.1) is 0 Å². The van der Waals surface area contributed by atoms with Crippen molar-refractivity contribution >= 4 is 0 Å². The summed E-state index contributed by atoms with van der Waals surface area (Å²) < 4.78 is 11.2. The standard InChI is InChI=1S/C17H26N2O2/c1-3-14-20-16-5-7-17(8-6-16)21-15-4-9-19-12-10-18(2)11-13-19/h3,5-8H,1,4,9-15H2,2H3. The molecule has 1 aromatic carbocycles. The van der Waals surface area contributed by atoms with Crippen molar-refractivity contribution in [2.24, 2.45) is 0 Å². The lowest BCUT2D eigenvalue weighted by atomic mass is 10.3. The van der Waals surface area contributed by atoms with Crippen molar-refractivity contribution in [3.05, 3.63) is 36.9 Å². The minimum absolute atomic E-state index is 0.533. The number of hydrogen-bond donors (Lipinski definition) is 0. The summed E-state index contributed by atoms with van der Waals surface area (Å²) in [6.07, 6.45) is 2.81. The third-order valence-electron chi connectivity index (χ3n) is 3.67. The maximum atomic E-state index is 5.76. The fraction of sp³-hybridized carbons (Fsp3) is 0.529. The van der Waals surface area contributed by atoms with Crippen LogP contribution in [0.15, 0.2) is 36.9 Å². The lowest BCUT2D eigenvalue weighted by Crippen LogP contribution is -2.44. The summed E-state index contributed by atoms with van der Waals surface area (Å²) in [7, 11) is 2.18. The van der Waals surface area contributed by atoms with E-state index in [1.165, 1.54) is 26.2 Å². The van der Waals surface area contributed by atoms with Gasteiger partial charge in [-0.3, -0.25) is 0 Å². The molecule has 0 amide bonds. The topological polar surface area (TPSA) is 24.9 Å². The highest BCUT2D eigenvalue weighted by Gasteiger charge is 2.12. The van der Waals surface area contributed by atoms with Crippen LogP contribution in [0.3, 0.4) is 0 Å². The maximum Gasteiger partial charge on any atom is 0.120 e. The first-order valence-electron chi connectivity index (χ1n) is 7.65. The van der Waals surface area contributed by atoms with E-state index >= 15 is 0 Å². The molecule has 1 aliphatic heterocycles. The summed E-state index contributed by atoms with van der Waals surface area (Å²) in [6.45, 7) is 10.7. The van der Waals surface area contributed by atoms with Gasteiger partial charge in [0.1, 0.15) is 18.1 Å². The Morgan fingerprint density at radius 1 is 1.05 bits per heavy atom. The molecular formula is C17H26N2O2. The molecule has 0 bridgehead atoms. The minimum atomic E-state index is 0.533. The highest BCUT2D eigenvalue weighted by molar-refractivity contribution is 5.31. The molecule has 21 heavy (non-hydrogen) atoms. The van der Waals surface area contributed by atoms with Gasteiger partial charge in [-0.1, -0.05) is 12.7 Å². The highest BCUT2D eigenvalue weighted by Crippen LogP contribution is 2.17. The normalized spacial score (nSPS) is 16.6. The number of likely N-dealkylation sites (N-methyl/N-ethyl adjacent to an activating group) is 1. The Bertz CT molecular complexity index is 411. The van der Waals surface area contributed by atoms with Gasteiger partial charge in [-0.05, 0) is 37.7 Å². The molecule has 1 aromatic rings. The number of rotatable bonds is 8. The molecule has 0 aromatic heterocycles. The fourth-order valence-corrected chi connectivity index (χ4v) is 2.34. The van der Waals surface area contributed by atoms with E-state index in [4.69, 9.17) is 9.47 Å². The van der Waals surface area contributed by atoms with Crippen molar-refractivity contribution in [2.45, 2.75) is 6.42 Å². The van der Waals surface area contributed by atoms with E-state index < -0.39 is 0 Å². The Balaban J connectivity index is 1.61. The van der Waals surface area contributed by atoms with Crippen molar-refractivity contribution in [3.63, 3.8) is 0 Å². The van der Waals surface area contributed by atoms with Gasteiger partial charge in [-0.25, -0.2) is 0 Å². The first-order chi connectivity index (χ1) is 10.3. The summed E-state index contributed by atoms with van der Waals surface area (Å²) in [4.78, 5) is 4.89. The minimum Gasteiger partial charge on any atom is -0.494 e. The molecule has 2 rings (SSSR count). The summed E-state index contributed by atoms with van der Waals surface area (Å²) in [5, 5.41) is 0. The van der Waals surface area contributed by atoms with Crippen LogP contribution in [0.2, 0.25) is 0 Å². The molecule has 0 aliphatic carbocycles. The van der Waals surface area contributed by atoms with Gasteiger partial charge in [0, 0.05) is 32.7 Å². The molecule has 1 saturated heterocycles. The van der Waals surface area contributed by atoms with E-state index in [1.54, 1.807) is 6.08 Å². The Labute approximate surface area is 127 Å². The van der Waals surface area contributed by atoms with Gasteiger partial charge < -0.3 is 19.3 Å². The quantitative estimate of drug-likeness (QED) is 0.542. The molecule has 116 valence electrons. The second kappa shape index (κ2) is 8.70. The molecule has 4 heteroatoms. The Morgan fingerprint density at radius 3 is 2.29 bits per heavy atom. The monoisotopic (exact) mass is 290 g/mol. The SMILES string of the molecule is C=CCOc1ccc(OCCCN2CCN(C)CC2)cc1. The van der Waals surface area contributed by atoms with E-state index in [2.05, 4.69) is 23.4 Å². The van der Waals surface area contributed by atoms with Crippen molar-refractivity contribution in [3.8, 4) is 11.5 Å². The van der Waals surface area contributed by atoms with Gasteiger partial charge in [-0.2, -0.15) is 0 Å². The van der Waals surface area contributed by atoms with Crippen LogP contribution in [0.5, 0.6) is 11.5 Å². The molecule has 1 aliphatic rings. The summed E-state index contributed by atoms with van der Waals surface area (Å²) in [5.41, 5.74) is 0.